The summed E-state index contributed by atoms with van der Waals surface area (Å²) >= 11 is 0. The first-order valence-electron chi connectivity index (χ1n) is 14.9. The lowest BCUT2D eigenvalue weighted by molar-refractivity contribution is 0.289. The number of rotatable bonds is 19. The van der Waals surface area contributed by atoms with Gasteiger partial charge in [0.2, 0.25) is 0 Å². The van der Waals surface area contributed by atoms with E-state index in [1.54, 1.807) is 0 Å². The maximum atomic E-state index is 15.2. The Kier molecular flexibility index (Phi) is 13.2. The molecule has 0 fully saturated rings. The lowest BCUT2D eigenvalue weighted by Crippen LogP contribution is -2.09. The Morgan fingerprint density at radius 3 is 1.81 bits per heavy atom. The van der Waals surface area contributed by atoms with Gasteiger partial charge < -0.3 is 9.47 Å². The van der Waals surface area contributed by atoms with Crippen LogP contribution in [0.25, 0.3) is 11.1 Å². The zero-order chi connectivity index (χ0) is 25.4. The number of ether oxygens (including phenoxy) is 2. The van der Waals surface area contributed by atoms with Crippen LogP contribution < -0.4 is 9.47 Å². The van der Waals surface area contributed by atoms with E-state index in [2.05, 4.69) is 26.0 Å². The highest BCUT2D eigenvalue weighted by atomic mass is 19.1. The summed E-state index contributed by atoms with van der Waals surface area (Å²) in [6.07, 6.45) is 20.6. The van der Waals surface area contributed by atoms with Gasteiger partial charge in [-0.25, -0.2) is 4.39 Å². The smallest absolute Gasteiger partial charge is 0.168 e. The Labute approximate surface area is 220 Å². The average molecular weight is 497 g/mol. The van der Waals surface area contributed by atoms with Gasteiger partial charge in [0.15, 0.2) is 11.6 Å². The van der Waals surface area contributed by atoms with Gasteiger partial charge in [-0.15, -0.1) is 0 Å². The second-order valence-corrected chi connectivity index (χ2v) is 10.5. The predicted molar refractivity (Wildman–Crippen MR) is 151 cm³/mol. The van der Waals surface area contributed by atoms with E-state index in [1.165, 1.54) is 82.6 Å². The molecular weight excluding hydrogens is 447 g/mol. The highest BCUT2D eigenvalue weighted by Gasteiger charge is 2.22. The molecule has 0 unspecified atom stereocenters. The largest absolute Gasteiger partial charge is 0.494 e. The summed E-state index contributed by atoms with van der Waals surface area (Å²) in [5, 5.41) is 0. The van der Waals surface area contributed by atoms with Crippen molar-refractivity contribution in [3.05, 3.63) is 47.3 Å². The average Bonchev–Trinajstić information content (AvgIpc) is 2.90. The van der Waals surface area contributed by atoms with Gasteiger partial charge in [0.05, 0.1) is 13.2 Å². The lowest BCUT2D eigenvalue weighted by Gasteiger charge is -2.22. The van der Waals surface area contributed by atoms with Crippen molar-refractivity contribution in [3.63, 3.8) is 0 Å². The Bertz CT molecular complexity index is 891. The van der Waals surface area contributed by atoms with Crippen molar-refractivity contribution >= 4 is 0 Å². The fraction of sp³-hybridized carbons (Fsp3) is 0.636. The molecular formula is C33H49FO2. The Hall–Kier alpha value is -2.03. The van der Waals surface area contributed by atoms with Gasteiger partial charge in [-0.1, -0.05) is 109 Å². The summed E-state index contributed by atoms with van der Waals surface area (Å²) < 4.78 is 27.1. The van der Waals surface area contributed by atoms with Gasteiger partial charge >= 0.3 is 0 Å². The lowest BCUT2D eigenvalue weighted by atomic mass is 9.85. The summed E-state index contributed by atoms with van der Waals surface area (Å²) in [6, 6.07) is 10.2. The summed E-state index contributed by atoms with van der Waals surface area (Å²) in [7, 11) is 0. The first kappa shape index (κ1) is 28.5. The molecule has 0 radical (unpaired) electrons. The van der Waals surface area contributed by atoms with Gasteiger partial charge in [0.25, 0.3) is 0 Å². The van der Waals surface area contributed by atoms with Crippen molar-refractivity contribution in [2.45, 2.75) is 123 Å². The summed E-state index contributed by atoms with van der Waals surface area (Å²) in [6.45, 7) is 5.88. The van der Waals surface area contributed by atoms with Gasteiger partial charge in [0, 0.05) is 0 Å². The maximum Gasteiger partial charge on any atom is 0.168 e. The summed E-state index contributed by atoms with van der Waals surface area (Å²) in [5.41, 5.74) is 4.19. The Balaban J connectivity index is 1.43. The van der Waals surface area contributed by atoms with Crippen LogP contribution in [0.4, 0.5) is 4.39 Å². The van der Waals surface area contributed by atoms with E-state index in [0.717, 1.165) is 54.7 Å². The van der Waals surface area contributed by atoms with E-state index in [9.17, 15) is 0 Å². The molecule has 2 aromatic carbocycles. The van der Waals surface area contributed by atoms with Crippen molar-refractivity contribution in [1.29, 1.82) is 0 Å². The Morgan fingerprint density at radius 1 is 0.611 bits per heavy atom. The van der Waals surface area contributed by atoms with Crippen molar-refractivity contribution < 1.29 is 13.9 Å². The van der Waals surface area contributed by atoms with Crippen LogP contribution in [0.5, 0.6) is 11.5 Å². The number of hydrogen-bond acceptors (Lipinski definition) is 2. The van der Waals surface area contributed by atoms with Crippen LogP contribution in [0, 0.1) is 5.82 Å². The van der Waals surface area contributed by atoms with Gasteiger partial charge in [-0.3, -0.25) is 0 Å². The van der Waals surface area contributed by atoms with Crippen molar-refractivity contribution in [2.24, 2.45) is 0 Å². The fourth-order valence-electron chi connectivity index (χ4n) is 5.26. The van der Waals surface area contributed by atoms with E-state index in [1.807, 2.05) is 18.2 Å². The Morgan fingerprint density at radius 2 is 1.17 bits per heavy atom. The minimum Gasteiger partial charge on any atom is -0.494 e. The molecule has 0 aliphatic heterocycles. The third-order valence-corrected chi connectivity index (χ3v) is 7.49. The van der Waals surface area contributed by atoms with Crippen LogP contribution in [-0.4, -0.2) is 13.2 Å². The molecule has 200 valence electrons. The zero-order valence-corrected chi connectivity index (χ0v) is 23.0. The number of benzene rings is 2. The monoisotopic (exact) mass is 496 g/mol. The number of aryl methyl sites for hydroxylation is 1. The minimum atomic E-state index is -0.170. The zero-order valence-electron chi connectivity index (χ0n) is 23.0. The molecule has 0 saturated carbocycles. The number of fused-ring (bicyclic) bond motifs is 3. The van der Waals surface area contributed by atoms with Crippen LogP contribution >= 0.6 is 0 Å². The second kappa shape index (κ2) is 16.7. The molecule has 0 saturated heterocycles. The van der Waals surface area contributed by atoms with E-state index < -0.39 is 0 Å². The molecule has 0 amide bonds. The van der Waals surface area contributed by atoms with E-state index >= 15 is 4.39 Å². The van der Waals surface area contributed by atoms with Crippen molar-refractivity contribution in [1.82, 2.24) is 0 Å². The molecule has 2 aromatic rings. The van der Waals surface area contributed by atoms with Crippen LogP contribution in [0.1, 0.15) is 121 Å². The van der Waals surface area contributed by atoms with E-state index in [4.69, 9.17) is 9.47 Å². The van der Waals surface area contributed by atoms with Crippen LogP contribution in [0.15, 0.2) is 30.3 Å². The minimum absolute atomic E-state index is 0.170. The molecule has 1 aliphatic carbocycles. The highest BCUT2D eigenvalue weighted by molar-refractivity contribution is 5.75. The molecule has 36 heavy (non-hydrogen) atoms. The number of unbranched alkanes of at least 4 members (excludes halogenated alkanes) is 13. The number of halogens is 1. The van der Waals surface area contributed by atoms with E-state index in [0.29, 0.717) is 18.8 Å². The topological polar surface area (TPSA) is 18.5 Å². The molecule has 0 N–H and O–H groups in total. The normalized spacial score (nSPS) is 12.3. The van der Waals surface area contributed by atoms with E-state index in [-0.39, 0.29) is 5.82 Å². The SMILES string of the molecule is CCCCCCCCCCOc1ccc2c(c1)CCc1c-2ccc(OCCCCCCCCC)c1F. The first-order valence-corrected chi connectivity index (χ1v) is 14.9. The standard InChI is InChI=1S/C33H49FO2/c1-3-5-7-9-11-13-14-16-24-35-28-19-21-29-27(26-28)18-20-31-30(29)22-23-32(33(31)34)36-25-17-15-12-10-8-6-4-2/h19,21-23,26H,3-18,20,24-25H2,1-2H3. The molecule has 0 aromatic heterocycles. The van der Waals surface area contributed by atoms with Gasteiger partial charge in [-0.2, -0.15) is 0 Å². The molecule has 0 atom stereocenters. The maximum absolute atomic E-state index is 15.2. The predicted octanol–water partition coefficient (Wildman–Crippen LogP) is 10.2. The summed E-state index contributed by atoms with van der Waals surface area (Å²) in [5.74, 6) is 1.18. The third kappa shape index (κ3) is 9.12. The molecule has 2 nitrogen and oxygen atoms in total. The molecule has 0 bridgehead atoms. The molecule has 0 spiro atoms. The van der Waals surface area contributed by atoms with Gasteiger partial charge in [-0.05, 0) is 66.1 Å². The van der Waals surface area contributed by atoms with Gasteiger partial charge in [0.1, 0.15) is 5.75 Å². The first-order chi connectivity index (χ1) is 17.7. The quantitative estimate of drug-likeness (QED) is 0.180. The van der Waals surface area contributed by atoms with Crippen LogP contribution in [-0.2, 0) is 12.8 Å². The molecule has 3 rings (SSSR count). The van der Waals surface area contributed by atoms with Crippen LogP contribution in [0.3, 0.4) is 0 Å². The fourth-order valence-corrected chi connectivity index (χ4v) is 5.26. The van der Waals surface area contributed by atoms with Crippen LogP contribution in [0.2, 0.25) is 0 Å². The highest BCUT2D eigenvalue weighted by Crippen LogP contribution is 2.39. The van der Waals surface area contributed by atoms with Crippen molar-refractivity contribution in [3.8, 4) is 22.6 Å². The molecule has 0 heterocycles. The third-order valence-electron chi connectivity index (χ3n) is 7.49. The molecule has 3 heteroatoms. The number of hydrogen-bond donors (Lipinski definition) is 0. The second-order valence-electron chi connectivity index (χ2n) is 10.5. The summed E-state index contributed by atoms with van der Waals surface area (Å²) in [4.78, 5) is 0. The molecule has 1 aliphatic rings. The van der Waals surface area contributed by atoms with Crippen molar-refractivity contribution in [2.75, 3.05) is 13.2 Å².